The fourth-order valence-electron chi connectivity index (χ4n) is 3.18. The zero-order valence-corrected chi connectivity index (χ0v) is 10.5. The van der Waals surface area contributed by atoms with E-state index >= 15 is 0 Å². The minimum atomic E-state index is 0.293. The van der Waals surface area contributed by atoms with Crippen molar-refractivity contribution in [1.29, 1.82) is 0 Å². The average molecular weight is 231 g/mol. The highest BCUT2D eigenvalue weighted by Gasteiger charge is 2.23. The van der Waals surface area contributed by atoms with Crippen LogP contribution in [0, 0.1) is 0 Å². The second-order valence-electron chi connectivity index (χ2n) is 5.64. The van der Waals surface area contributed by atoms with E-state index in [1.807, 2.05) is 0 Å². The van der Waals surface area contributed by atoms with Gasteiger partial charge in [0.15, 0.2) is 0 Å². The molecule has 0 saturated carbocycles. The van der Waals surface area contributed by atoms with Gasteiger partial charge in [0.1, 0.15) is 0 Å². The van der Waals surface area contributed by atoms with Crippen LogP contribution in [0.15, 0.2) is 12.3 Å². The molecule has 2 unspecified atom stereocenters. The highest BCUT2D eigenvalue weighted by atomic mass is 15.1. The van der Waals surface area contributed by atoms with Gasteiger partial charge in [-0.2, -0.15) is 0 Å². The summed E-state index contributed by atoms with van der Waals surface area (Å²) in [7, 11) is 2.21. The maximum Gasteiger partial charge on any atom is 0.0451 e. The number of nitrogens with zero attached hydrogens (tertiary/aromatic N) is 2. The molecule has 3 rings (SSSR count). The summed E-state index contributed by atoms with van der Waals surface area (Å²) in [6.07, 6.45) is 6.66. The van der Waals surface area contributed by atoms with Gasteiger partial charge in [0.05, 0.1) is 0 Å². The Morgan fingerprint density at radius 3 is 3.12 bits per heavy atom. The fourth-order valence-corrected chi connectivity index (χ4v) is 3.18. The maximum atomic E-state index is 5.99. The minimum absolute atomic E-state index is 0.293. The first-order chi connectivity index (χ1) is 8.22. The van der Waals surface area contributed by atoms with Gasteiger partial charge in [0.2, 0.25) is 0 Å². The zero-order chi connectivity index (χ0) is 11.8. The first-order valence-electron chi connectivity index (χ1n) is 6.64. The molecule has 3 nitrogen and oxygen atoms in total. The number of rotatable bonds is 1. The van der Waals surface area contributed by atoms with Crippen molar-refractivity contribution in [2.75, 3.05) is 20.1 Å². The van der Waals surface area contributed by atoms with Crippen molar-refractivity contribution in [1.82, 2.24) is 9.88 Å². The molecule has 17 heavy (non-hydrogen) atoms. The van der Waals surface area contributed by atoms with Gasteiger partial charge >= 0.3 is 0 Å². The van der Waals surface area contributed by atoms with Gasteiger partial charge in [0.25, 0.3) is 0 Å². The van der Waals surface area contributed by atoms with E-state index in [4.69, 9.17) is 5.73 Å². The molecule has 2 aliphatic rings. The molecule has 2 N–H and O–H groups in total. The second kappa shape index (κ2) is 4.39. The van der Waals surface area contributed by atoms with Crippen LogP contribution in [0.4, 0.5) is 0 Å². The van der Waals surface area contributed by atoms with Gasteiger partial charge in [0, 0.05) is 30.9 Å². The Labute approximate surface area is 103 Å². The molecule has 3 heteroatoms. The van der Waals surface area contributed by atoms with Crippen LogP contribution in [-0.2, 0) is 12.8 Å². The Bertz CT molecular complexity index is 416. The summed E-state index contributed by atoms with van der Waals surface area (Å²) in [5.41, 5.74) is 10.0. The molecule has 2 heterocycles. The molecular weight excluding hydrogens is 210 g/mol. The van der Waals surface area contributed by atoms with E-state index in [-0.39, 0.29) is 0 Å². The van der Waals surface area contributed by atoms with E-state index in [1.165, 1.54) is 42.8 Å². The molecule has 1 saturated heterocycles. The van der Waals surface area contributed by atoms with Crippen LogP contribution in [0.3, 0.4) is 0 Å². The molecular formula is C14H21N3. The van der Waals surface area contributed by atoms with Crippen molar-refractivity contribution < 1.29 is 0 Å². The quantitative estimate of drug-likeness (QED) is 0.792. The lowest BCUT2D eigenvalue weighted by Crippen LogP contribution is -2.30. The van der Waals surface area contributed by atoms with E-state index in [1.54, 1.807) is 0 Å². The molecule has 0 spiro atoms. The number of fused-ring (bicyclic) bond motifs is 1. The molecule has 92 valence electrons. The summed E-state index contributed by atoms with van der Waals surface area (Å²) >= 11 is 0. The highest BCUT2D eigenvalue weighted by molar-refractivity contribution is 5.33. The van der Waals surface area contributed by atoms with Gasteiger partial charge in [-0.15, -0.1) is 0 Å². The maximum absolute atomic E-state index is 5.99. The van der Waals surface area contributed by atoms with E-state index in [0.29, 0.717) is 12.0 Å². The molecule has 1 aliphatic heterocycles. The molecule has 1 fully saturated rings. The van der Waals surface area contributed by atoms with Gasteiger partial charge in [-0.05, 0) is 49.9 Å². The van der Waals surface area contributed by atoms with Crippen LogP contribution in [-0.4, -0.2) is 36.1 Å². The lowest BCUT2D eigenvalue weighted by atomic mass is 9.91. The Morgan fingerprint density at radius 1 is 1.41 bits per heavy atom. The van der Waals surface area contributed by atoms with Crippen molar-refractivity contribution in [2.24, 2.45) is 5.73 Å². The lowest BCUT2D eigenvalue weighted by Gasteiger charge is -2.30. The van der Waals surface area contributed by atoms with E-state index in [0.717, 1.165) is 12.8 Å². The first-order valence-corrected chi connectivity index (χ1v) is 6.64. The molecule has 0 aromatic carbocycles. The summed E-state index contributed by atoms with van der Waals surface area (Å²) in [6.45, 7) is 2.41. The average Bonchev–Trinajstić information content (AvgIpc) is 2.68. The van der Waals surface area contributed by atoms with Crippen LogP contribution in [0.2, 0.25) is 0 Å². The van der Waals surface area contributed by atoms with Crippen molar-refractivity contribution >= 4 is 0 Å². The molecule has 1 aromatic heterocycles. The Balaban J connectivity index is 1.82. The molecule has 2 atom stereocenters. The van der Waals surface area contributed by atoms with Crippen LogP contribution >= 0.6 is 0 Å². The van der Waals surface area contributed by atoms with Crippen LogP contribution < -0.4 is 5.73 Å². The molecule has 1 aromatic rings. The third-order valence-electron chi connectivity index (χ3n) is 4.11. The van der Waals surface area contributed by atoms with Crippen LogP contribution in [0.25, 0.3) is 0 Å². The standard InChI is InChI=1S/C14H21N3/c1-17-4-2-3-10(9-17)12-5-11-6-13(15)7-14(11)16-8-12/h5,8,10,13H,2-4,6-7,9,15H2,1H3. The smallest absolute Gasteiger partial charge is 0.0451 e. The Morgan fingerprint density at radius 2 is 2.29 bits per heavy atom. The van der Waals surface area contributed by atoms with Crippen molar-refractivity contribution in [3.8, 4) is 0 Å². The van der Waals surface area contributed by atoms with Gasteiger partial charge in [-0.3, -0.25) is 4.98 Å². The summed E-state index contributed by atoms with van der Waals surface area (Å²) in [6, 6.07) is 2.65. The lowest BCUT2D eigenvalue weighted by molar-refractivity contribution is 0.250. The number of likely N-dealkylation sites (tertiary alicyclic amines) is 1. The van der Waals surface area contributed by atoms with Gasteiger partial charge in [-0.25, -0.2) is 0 Å². The third kappa shape index (κ3) is 2.22. The molecule has 1 aliphatic carbocycles. The number of hydrogen-bond donors (Lipinski definition) is 1. The SMILES string of the molecule is CN1CCCC(c2cnc3c(c2)CC(N)C3)C1. The summed E-state index contributed by atoms with van der Waals surface area (Å²) in [5, 5.41) is 0. The molecule has 0 radical (unpaired) electrons. The Hall–Kier alpha value is -0.930. The number of pyridine rings is 1. The fraction of sp³-hybridized carbons (Fsp3) is 0.643. The van der Waals surface area contributed by atoms with Gasteiger partial charge < -0.3 is 10.6 Å². The molecule has 0 amide bonds. The Kier molecular flexibility index (Phi) is 2.89. The van der Waals surface area contributed by atoms with E-state index < -0.39 is 0 Å². The first kappa shape index (κ1) is 11.2. The number of nitrogens with two attached hydrogens (primary N) is 1. The van der Waals surface area contributed by atoms with Gasteiger partial charge in [-0.1, -0.05) is 6.07 Å². The minimum Gasteiger partial charge on any atom is -0.327 e. The zero-order valence-electron chi connectivity index (χ0n) is 10.5. The highest BCUT2D eigenvalue weighted by Crippen LogP contribution is 2.29. The topological polar surface area (TPSA) is 42.2 Å². The summed E-state index contributed by atoms with van der Waals surface area (Å²) in [4.78, 5) is 7.04. The number of aromatic nitrogens is 1. The van der Waals surface area contributed by atoms with Crippen molar-refractivity contribution in [2.45, 2.75) is 37.6 Å². The van der Waals surface area contributed by atoms with Crippen LogP contribution in [0.5, 0.6) is 0 Å². The van der Waals surface area contributed by atoms with Crippen LogP contribution in [0.1, 0.15) is 35.6 Å². The predicted octanol–water partition coefficient (Wildman–Crippen LogP) is 1.32. The van der Waals surface area contributed by atoms with Crippen molar-refractivity contribution in [3.63, 3.8) is 0 Å². The number of likely N-dealkylation sites (N-methyl/N-ethyl adjacent to an activating group) is 1. The number of hydrogen-bond acceptors (Lipinski definition) is 3. The summed E-state index contributed by atoms with van der Waals surface area (Å²) < 4.78 is 0. The monoisotopic (exact) mass is 231 g/mol. The number of piperidine rings is 1. The molecule has 0 bridgehead atoms. The van der Waals surface area contributed by atoms with E-state index in [9.17, 15) is 0 Å². The summed E-state index contributed by atoms with van der Waals surface area (Å²) in [5.74, 6) is 0.670. The predicted molar refractivity (Wildman–Crippen MR) is 69.1 cm³/mol. The van der Waals surface area contributed by atoms with E-state index in [2.05, 4.69) is 29.2 Å². The normalized spacial score (nSPS) is 29.3. The second-order valence-corrected chi connectivity index (χ2v) is 5.64. The third-order valence-corrected chi connectivity index (χ3v) is 4.11. The van der Waals surface area contributed by atoms with Crippen molar-refractivity contribution in [3.05, 3.63) is 29.1 Å². The largest absolute Gasteiger partial charge is 0.327 e.